The van der Waals surface area contributed by atoms with Gasteiger partial charge in [0.05, 0.1) is 0 Å². The summed E-state index contributed by atoms with van der Waals surface area (Å²) < 4.78 is 1.61. The molecule has 0 aliphatic rings. The normalized spacial score (nSPS) is 11.7. The van der Waals surface area contributed by atoms with E-state index in [1.165, 1.54) is 5.56 Å². The average Bonchev–Trinajstić information content (AvgIpc) is 2.65. The Morgan fingerprint density at radius 1 is 1.20 bits per heavy atom. The quantitative estimate of drug-likeness (QED) is 0.911. The molecule has 106 valence electrons. The van der Waals surface area contributed by atoms with Crippen LogP contribution < -0.4 is 0 Å². The predicted octanol–water partition coefficient (Wildman–Crippen LogP) is 3.39. The maximum atomic E-state index is 11.3. The average molecular weight is 272 g/mol. The molecule has 0 radical (unpaired) electrons. The van der Waals surface area contributed by atoms with Gasteiger partial charge in [-0.2, -0.15) is 5.10 Å². The summed E-state index contributed by atoms with van der Waals surface area (Å²) in [6.07, 6.45) is 0. The van der Waals surface area contributed by atoms with E-state index in [1.54, 1.807) is 11.7 Å². The second-order valence-electron chi connectivity index (χ2n) is 6.07. The third-order valence-electron chi connectivity index (χ3n) is 3.58. The lowest BCUT2D eigenvalue weighted by Gasteiger charge is -2.19. The number of aryl methyl sites for hydroxylation is 1. The van der Waals surface area contributed by atoms with Gasteiger partial charge in [-0.15, -0.1) is 0 Å². The largest absolute Gasteiger partial charge is 0.476 e. The molecule has 4 heteroatoms. The number of benzene rings is 1. The first-order valence-electron chi connectivity index (χ1n) is 6.59. The molecule has 0 saturated carbocycles. The summed E-state index contributed by atoms with van der Waals surface area (Å²) in [4.78, 5) is 11.3. The van der Waals surface area contributed by atoms with Gasteiger partial charge in [-0.3, -0.25) is 4.68 Å². The van der Waals surface area contributed by atoms with Crippen LogP contribution in [-0.2, 0) is 12.5 Å². The van der Waals surface area contributed by atoms with Crippen LogP contribution in [0.25, 0.3) is 11.1 Å². The fourth-order valence-corrected chi connectivity index (χ4v) is 2.24. The number of nitrogens with zero attached hydrogens (tertiary/aromatic N) is 2. The first-order chi connectivity index (χ1) is 9.21. The minimum Gasteiger partial charge on any atom is -0.476 e. The van der Waals surface area contributed by atoms with Crippen LogP contribution in [0.1, 0.15) is 42.5 Å². The molecule has 2 rings (SSSR count). The molecular weight excluding hydrogens is 252 g/mol. The van der Waals surface area contributed by atoms with Crippen molar-refractivity contribution in [3.63, 3.8) is 0 Å². The van der Waals surface area contributed by atoms with E-state index in [9.17, 15) is 9.90 Å². The van der Waals surface area contributed by atoms with E-state index in [-0.39, 0.29) is 11.1 Å². The van der Waals surface area contributed by atoms with Crippen molar-refractivity contribution >= 4 is 5.97 Å². The fourth-order valence-electron chi connectivity index (χ4n) is 2.24. The summed E-state index contributed by atoms with van der Waals surface area (Å²) in [5.74, 6) is -0.997. The Balaban J connectivity index is 2.55. The number of hydrogen-bond donors (Lipinski definition) is 1. The Hall–Kier alpha value is -2.10. The van der Waals surface area contributed by atoms with Crippen molar-refractivity contribution in [2.24, 2.45) is 7.05 Å². The molecule has 0 unspecified atom stereocenters. The second kappa shape index (κ2) is 4.78. The number of rotatable bonds is 2. The molecule has 4 nitrogen and oxygen atoms in total. The van der Waals surface area contributed by atoms with E-state index < -0.39 is 5.97 Å². The van der Waals surface area contributed by atoms with E-state index >= 15 is 0 Å². The second-order valence-corrected chi connectivity index (χ2v) is 6.07. The molecule has 0 atom stereocenters. The smallest absolute Gasteiger partial charge is 0.357 e. The van der Waals surface area contributed by atoms with Crippen molar-refractivity contribution in [3.05, 3.63) is 41.2 Å². The Labute approximate surface area is 119 Å². The van der Waals surface area contributed by atoms with Gasteiger partial charge in [0, 0.05) is 18.3 Å². The van der Waals surface area contributed by atoms with E-state index in [1.807, 2.05) is 31.2 Å². The molecule has 20 heavy (non-hydrogen) atoms. The third kappa shape index (κ3) is 2.46. The summed E-state index contributed by atoms with van der Waals surface area (Å²) in [7, 11) is 1.76. The highest BCUT2D eigenvalue weighted by Gasteiger charge is 2.21. The minimum absolute atomic E-state index is 0.0815. The molecule has 1 heterocycles. The Morgan fingerprint density at radius 3 is 2.20 bits per heavy atom. The molecule has 1 N–H and O–H groups in total. The van der Waals surface area contributed by atoms with Gasteiger partial charge in [0.2, 0.25) is 0 Å². The number of aromatic nitrogens is 2. The van der Waals surface area contributed by atoms with Crippen LogP contribution in [0.15, 0.2) is 24.3 Å². The zero-order valence-corrected chi connectivity index (χ0v) is 12.6. The molecule has 0 saturated heterocycles. The van der Waals surface area contributed by atoms with Crippen LogP contribution in [0.2, 0.25) is 0 Å². The van der Waals surface area contributed by atoms with Crippen LogP contribution >= 0.6 is 0 Å². The molecule has 2 aromatic rings. The van der Waals surface area contributed by atoms with Gasteiger partial charge < -0.3 is 5.11 Å². The van der Waals surface area contributed by atoms with Gasteiger partial charge in [0.15, 0.2) is 5.69 Å². The summed E-state index contributed by atoms with van der Waals surface area (Å²) in [6, 6.07) is 8.04. The third-order valence-corrected chi connectivity index (χ3v) is 3.58. The Kier molecular flexibility index (Phi) is 3.42. The van der Waals surface area contributed by atoms with Crippen LogP contribution in [0.3, 0.4) is 0 Å². The summed E-state index contributed by atoms with van der Waals surface area (Å²) in [6.45, 7) is 8.34. The van der Waals surface area contributed by atoms with Crippen molar-refractivity contribution in [1.82, 2.24) is 9.78 Å². The van der Waals surface area contributed by atoms with Crippen molar-refractivity contribution in [2.75, 3.05) is 0 Å². The number of carboxylic acids is 1. The van der Waals surface area contributed by atoms with Crippen molar-refractivity contribution in [3.8, 4) is 11.1 Å². The van der Waals surface area contributed by atoms with Gasteiger partial charge in [0.1, 0.15) is 0 Å². The molecule has 0 amide bonds. The molecule has 1 aromatic carbocycles. The summed E-state index contributed by atoms with van der Waals surface area (Å²) in [5, 5.41) is 13.3. The standard InChI is InChI=1S/C16H20N2O2/c1-10-13(14(15(19)20)17-18(10)5)11-6-8-12(9-7-11)16(2,3)4/h6-9H,1-5H3,(H,19,20). The van der Waals surface area contributed by atoms with Crippen LogP contribution in [0.5, 0.6) is 0 Å². The maximum Gasteiger partial charge on any atom is 0.357 e. The van der Waals surface area contributed by atoms with E-state index in [0.717, 1.165) is 11.3 Å². The van der Waals surface area contributed by atoms with Crippen molar-refractivity contribution in [2.45, 2.75) is 33.1 Å². The first kappa shape index (κ1) is 14.3. The SMILES string of the molecule is Cc1c(-c2ccc(C(C)(C)C)cc2)c(C(=O)O)nn1C. The molecule has 0 aliphatic carbocycles. The number of carbonyl (C=O) groups is 1. The molecule has 1 aromatic heterocycles. The molecule has 0 bridgehead atoms. The maximum absolute atomic E-state index is 11.3. The van der Waals surface area contributed by atoms with Crippen LogP contribution in [0, 0.1) is 6.92 Å². The van der Waals surface area contributed by atoms with Gasteiger partial charge in [0.25, 0.3) is 0 Å². The highest BCUT2D eigenvalue weighted by molar-refractivity contribution is 5.94. The van der Waals surface area contributed by atoms with E-state index in [0.29, 0.717) is 5.56 Å². The zero-order valence-electron chi connectivity index (χ0n) is 12.6. The lowest BCUT2D eigenvalue weighted by Crippen LogP contribution is -2.10. The van der Waals surface area contributed by atoms with Crippen molar-refractivity contribution < 1.29 is 9.90 Å². The number of carboxylic acid groups (broad SMARTS) is 1. The van der Waals surface area contributed by atoms with Gasteiger partial charge in [-0.05, 0) is 23.5 Å². The monoisotopic (exact) mass is 272 g/mol. The highest BCUT2D eigenvalue weighted by atomic mass is 16.4. The van der Waals surface area contributed by atoms with E-state index in [4.69, 9.17) is 0 Å². The van der Waals surface area contributed by atoms with E-state index in [2.05, 4.69) is 25.9 Å². The number of aromatic carboxylic acids is 1. The van der Waals surface area contributed by atoms with Crippen LogP contribution in [-0.4, -0.2) is 20.9 Å². The number of hydrogen-bond acceptors (Lipinski definition) is 2. The summed E-state index contributed by atoms with van der Waals surface area (Å²) >= 11 is 0. The van der Waals surface area contributed by atoms with Gasteiger partial charge in [-0.1, -0.05) is 45.0 Å². The van der Waals surface area contributed by atoms with Gasteiger partial charge in [-0.25, -0.2) is 4.79 Å². The fraction of sp³-hybridized carbons (Fsp3) is 0.375. The predicted molar refractivity (Wildman–Crippen MR) is 79.0 cm³/mol. The lowest BCUT2D eigenvalue weighted by atomic mass is 9.86. The molecular formula is C16H20N2O2. The van der Waals surface area contributed by atoms with Crippen LogP contribution in [0.4, 0.5) is 0 Å². The van der Waals surface area contributed by atoms with Gasteiger partial charge >= 0.3 is 5.97 Å². The topological polar surface area (TPSA) is 55.1 Å². The Bertz CT molecular complexity index is 646. The molecule has 0 fully saturated rings. The first-order valence-corrected chi connectivity index (χ1v) is 6.59. The summed E-state index contributed by atoms with van der Waals surface area (Å²) in [5.41, 5.74) is 3.85. The molecule has 0 aliphatic heterocycles. The highest BCUT2D eigenvalue weighted by Crippen LogP contribution is 2.30. The minimum atomic E-state index is -0.997. The Morgan fingerprint density at radius 2 is 1.75 bits per heavy atom. The molecule has 0 spiro atoms. The zero-order chi connectivity index (χ0) is 15.1. The van der Waals surface area contributed by atoms with Crippen molar-refractivity contribution in [1.29, 1.82) is 0 Å². The lowest BCUT2D eigenvalue weighted by molar-refractivity contribution is 0.0690.